The smallest absolute Gasteiger partial charge is 0.190 e. The van der Waals surface area contributed by atoms with Crippen molar-refractivity contribution in [1.29, 1.82) is 0 Å². The Balaban J connectivity index is 2.08. The molecule has 0 aromatic rings. The van der Waals surface area contributed by atoms with Gasteiger partial charge in [0, 0.05) is 7.11 Å². The van der Waals surface area contributed by atoms with Crippen LogP contribution in [0.25, 0.3) is 0 Å². The Labute approximate surface area is 101 Å². The number of carbonyl (C=O) groups excluding carboxylic acids is 1. The number of allylic oxidation sites excluding steroid dienone is 1. The fourth-order valence-corrected chi connectivity index (χ4v) is 2.16. The molecule has 17 heavy (non-hydrogen) atoms. The second-order valence-electron chi connectivity index (χ2n) is 4.74. The summed E-state index contributed by atoms with van der Waals surface area (Å²) in [6.07, 6.45) is 1.91. The number of methoxy groups -OCH3 is 1. The van der Waals surface area contributed by atoms with E-state index in [1.54, 1.807) is 13.2 Å². The van der Waals surface area contributed by atoms with Gasteiger partial charge in [-0.2, -0.15) is 0 Å². The number of ether oxygens (including phenoxy) is 4. The van der Waals surface area contributed by atoms with Crippen LogP contribution in [0.1, 0.15) is 20.8 Å². The Hall–Kier alpha value is -0.750. The van der Waals surface area contributed by atoms with Crippen LogP contribution in [0.4, 0.5) is 0 Å². The first kappa shape index (κ1) is 12.7. The van der Waals surface area contributed by atoms with Gasteiger partial charge in [-0.05, 0) is 32.9 Å². The molecule has 2 aliphatic rings. The molecule has 0 amide bonds. The van der Waals surface area contributed by atoms with E-state index in [4.69, 9.17) is 18.9 Å². The summed E-state index contributed by atoms with van der Waals surface area (Å²) in [5.74, 6) is -0.677. The number of rotatable bonds is 3. The van der Waals surface area contributed by atoms with Gasteiger partial charge in [0.1, 0.15) is 18.3 Å². The summed E-state index contributed by atoms with van der Waals surface area (Å²) in [5.41, 5.74) is 0. The summed E-state index contributed by atoms with van der Waals surface area (Å²) >= 11 is 0. The van der Waals surface area contributed by atoms with Crippen molar-refractivity contribution in [2.45, 2.75) is 51.2 Å². The molecule has 2 fully saturated rings. The number of ketones is 1. The SMILES string of the molecule is CO[C@@H]1[C@H]2OC(C)(C)O[C@@H]2O[C@@H]1/C=C/C(C)=O. The Bertz CT molecular complexity index is 336. The van der Waals surface area contributed by atoms with E-state index >= 15 is 0 Å². The monoisotopic (exact) mass is 242 g/mol. The fraction of sp³-hybridized carbons (Fsp3) is 0.750. The zero-order valence-corrected chi connectivity index (χ0v) is 10.5. The van der Waals surface area contributed by atoms with Gasteiger partial charge in [-0.3, -0.25) is 4.79 Å². The molecule has 0 N–H and O–H groups in total. The van der Waals surface area contributed by atoms with E-state index in [0.717, 1.165) is 0 Å². The molecule has 2 aliphatic heterocycles. The van der Waals surface area contributed by atoms with E-state index in [2.05, 4.69) is 0 Å². The molecule has 0 aromatic carbocycles. The van der Waals surface area contributed by atoms with Crippen molar-refractivity contribution in [1.82, 2.24) is 0 Å². The Morgan fingerprint density at radius 3 is 2.65 bits per heavy atom. The maximum atomic E-state index is 10.9. The van der Waals surface area contributed by atoms with Crippen LogP contribution in [0.15, 0.2) is 12.2 Å². The number of fused-ring (bicyclic) bond motifs is 1. The van der Waals surface area contributed by atoms with Crippen molar-refractivity contribution in [3.05, 3.63) is 12.2 Å². The molecule has 2 heterocycles. The molecule has 0 saturated carbocycles. The topological polar surface area (TPSA) is 54.0 Å². The van der Waals surface area contributed by atoms with E-state index in [9.17, 15) is 4.79 Å². The van der Waals surface area contributed by atoms with Crippen LogP contribution in [0, 0.1) is 0 Å². The maximum absolute atomic E-state index is 10.9. The first-order valence-corrected chi connectivity index (χ1v) is 5.65. The molecular formula is C12H18O5. The molecule has 5 nitrogen and oxygen atoms in total. The minimum Gasteiger partial charge on any atom is -0.375 e. The van der Waals surface area contributed by atoms with E-state index in [0.29, 0.717) is 0 Å². The van der Waals surface area contributed by atoms with Crippen molar-refractivity contribution >= 4 is 5.78 Å². The molecule has 96 valence electrons. The van der Waals surface area contributed by atoms with Gasteiger partial charge in [-0.15, -0.1) is 0 Å². The van der Waals surface area contributed by atoms with Gasteiger partial charge in [0.15, 0.2) is 17.9 Å². The predicted octanol–water partition coefficient (Wildman–Crippen LogP) is 1.02. The molecule has 0 aliphatic carbocycles. The summed E-state index contributed by atoms with van der Waals surface area (Å²) in [4.78, 5) is 10.9. The third kappa shape index (κ3) is 2.57. The molecular weight excluding hydrogens is 224 g/mol. The summed E-state index contributed by atoms with van der Waals surface area (Å²) in [6, 6.07) is 0. The molecule has 0 radical (unpaired) electrons. The van der Waals surface area contributed by atoms with Gasteiger partial charge < -0.3 is 18.9 Å². The van der Waals surface area contributed by atoms with Crippen molar-refractivity contribution in [2.75, 3.05) is 7.11 Å². The highest BCUT2D eigenvalue weighted by Crippen LogP contribution is 2.38. The highest BCUT2D eigenvalue weighted by atomic mass is 16.8. The Kier molecular flexibility index (Phi) is 3.36. The van der Waals surface area contributed by atoms with Crippen LogP contribution < -0.4 is 0 Å². The minimum absolute atomic E-state index is 0.0253. The average molecular weight is 242 g/mol. The zero-order valence-electron chi connectivity index (χ0n) is 10.5. The molecule has 2 rings (SSSR count). The standard InChI is InChI=1S/C12H18O5/c1-7(13)5-6-8-9(14-4)10-11(15-8)17-12(2,3)16-10/h5-6,8-11H,1-4H3/b6-5+/t8-,9+,10-,11+/m1/s1. The van der Waals surface area contributed by atoms with Gasteiger partial charge in [0.2, 0.25) is 0 Å². The van der Waals surface area contributed by atoms with E-state index in [1.165, 1.54) is 13.0 Å². The predicted molar refractivity (Wildman–Crippen MR) is 59.3 cm³/mol. The van der Waals surface area contributed by atoms with Crippen LogP contribution in [-0.4, -0.2) is 43.3 Å². The second kappa shape index (κ2) is 4.49. The molecule has 0 bridgehead atoms. The van der Waals surface area contributed by atoms with Crippen LogP contribution in [0.5, 0.6) is 0 Å². The number of hydrogen-bond donors (Lipinski definition) is 0. The highest BCUT2D eigenvalue weighted by Gasteiger charge is 2.54. The molecule has 4 atom stereocenters. The second-order valence-corrected chi connectivity index (χ2v) is 4.74. The zero-order chi connectivity index (χ0) is 12.6. The van der Waals surface area contributed by atoms with Crippen molar-refractivity contribution in [3.63, 3.8) is 0 Å². The molecule has 0 spiro atoms. The maximum Gasteiger partial charge on any atom is 0.190 e. The lowest BCUT2D eigenvalue weighted by molar-refractivity contribution is -0.210. The lowest BCUT2D eigenvalue weighted by Gasteiger charge is -2.23. The quantitative estimate of drug-likeness (QED) is 0.692. The Morgan fingerprint density at radius 2 is 2.06 bits per heavy atom. The number of carbonyl (C=O) groups is 1. The van der Waals surface area contributed by atoms with Crippen LogP contribution in [0.2, 0.25) is 0 Å². The van der Waals surface area contributed by atoms with E-state index < -0.39 is 12.1 Å². The fourth-order valence-electron chi connectivity index (χ4n) is 2.16. The third-order valence-corrected chi connectivity index (χ3v) is 2.82. The normalized spacial score (nSPS) is 39.8. The lowest BCUT2D eigenvalue weighted by atomic mass is 10.1. The molecule has 0 aromatic heterocycles. The first-order chi connectivity index (χ1) is 7.93. The average Bonchev–Trinajstić information content (AvgIpc) is 2.65. The van der Waals surface area contributed by atoms with Gasteiger partial charge >= 0.3 is 0 Å². The summed E-state index contributed by atoms with van der Waals surface area (Å²) < 4.78 is 22.4. The van der Waals surface area contributed by atoms with Gasteiger partial charge in [0.25, 0.3) is 0 Å². The molecule has 5 heteroatoms. The first-order valence-electron chi connectivity index (χ1n) is 5.65. The van der Waals surface area contributed by atoms with Gasteiger partial charge in [-0.1, -0.05) is 0 Å². The molecule has 0 unspecified atom stereocenters. The van der Waals surface area contributed by atoms with Crippen molar-refractivity contribution in [2.24, 2.45) is 0 Å². The van der Waals surface area contributed by atoms with E-state index in [1.807, 2.05) is 13.8 Å². The van der Waals surface area contributed by atoms with Crippen molar-refractivity contribution in [3.8, 4) is 0 Å². The highest BCUT2D eigenvalue weighted by molar-refractivity contribution is 5.87. The van der Waals surface area contributed by atoms with Crippen LogP contribution in [0.3, 0.4) is 0 Å². The van der Waals surface area contributed by atoms with Gasteiger partial charge in [-0.25, -0.2) is 0 Å². The largest absolute Gasteiger partial charge is 0.375 e. The van der Waals surface area contributed by atoms with Crippen LogP contribution in [-0.2, 0) is 23.7 Å². The minimum atomic E-state index is -0.651. The van der Waals surface area contributed by atoms with Crippen LogP contribution >= 0.6 is 0 Å². The Morgan fingerprint density at radius 1 is 1.35 bits per heavy atom. The number of hydrogen-bond acceptors (Lipinski definition) is 5. The third-order valence-electron chi connectivity index (χ3n) is 2.82. The summed E-state index contributed by atoms with van der Waals surface area (Å²) in [6.45, 7) is 5.16. The summed E-state index contributed by atoms with van der Waals surface area (Å²) in [7, 11) is 1.60. The van der Waals surface area contributed by atoms with Crippen molar-refractivity contribution < 1.29 is 23.7 Å². The molecule has 2 saturated heterocycles. The lowest BCUT2D eigenvalue weighted by Crippen LogP contribution is -2.35. The van der Waals surface area contributed by atoms with E-state index in [-0.39, 0.29) is 24.1 Å². The van der Waals surface area contributed by atoms with Gasteiger partial charge in [0.05, 0.1) is 0 Å². The summed E-state index contributed by atoms with van der Waals surface area (Å²) in [5, 5.41) is 0.